The molecule has 2 N–H and O–H groups in total. The molecule has 0 spiro atoms. The second-order valence-corrected chi connectivity index (χ2v) is 8.47. The fraction of sp³-hybridized carbons (Fsp3) is 0.429. The van der Waals surface area contributed by atoms with Crippen LogP contribution in [0.1, 0.15) is 29.8 Å². The zero-order chi connectivity index (χ0) is 21.3. The van der Waals surface area contributed by atoms with Crippen LogP contribution in [0, 0.1) is 5.41 Å². The van der Waals surface area contributed by atoms with E-state index in [1.54, 1.807) is 11.4 Å². The van der Waals surface area contributed by atoms with Gasteiger partial charge in [-0.1, -0.05) is 18.6 Å². The van der Waals surface area contributed by atoms with Crippen LogP contribution in [0.5, 0.6) is 0 Å². The van der Waals surface area contributed by atoms with Crippen molar-refractivity contribution < 1.29 is 18.3 Å². The molecule has 5 nitrogen and oxygen atoms in total. The fourth-order valence-corrected chi connectivity index (χ4v) is 4.77. The summed E-state index contributed by atoms with van der Waals surface area (Å²) in [6.45, 7) is 3.90. The Bertz CT molecular complexity index is 963. The third kappa shape index (κ3) is 4.37. The third-order valence-corrected chi connectivity index (χ3v) is 6.38. The number of alkyl halides is 3. The molecule has 1 fully saturated rings. The first-order valence-corrected chi connectivity index (χ1v) is 10.8. The summed E-state index contributed by atoms with van der Waals surface area (Å²) in [7, 11) is 0. The van der Waals surface area contributed by atoms with E-state index in [4.69, 9.17) is 5.41 Å². The highest BCUT2D eigenvalue weighted by atomic mass is 32.1. The molecule has 9 heteroatoms. The average molecular weight is 437 g/mol. The Morgan fingerprint density at radius 3 is 2.63 bits per heavy atom. The van der Waals surface area contributed by atoms with Gasteiger partial charge in [-0.25, -0.2) is 4.98 Å². The highest BCUT2D eigenvalue weighted by Crippen LogP contribution is 2.35. The molecule has 0 unspecified atom stereocenters. The molecule has 0 radical (unpaired) electrons. The van der Waals surface area contributed by atoms with E-state index in [0.717, 1.165) is 31.8 Å². The normalized spacial score (nSPS) is 18.5. The Hall–Kier alpha value is -2.39. The Kier molecular flexibility index (Phi) is 5.84. The summed E-state index contributed by atoms with van der Waals surface area (Å²) in [6.07, 6.45) is -0.758. The SMILES string of the molecule is N=C1C(c2nc(-c3cccc(C(F)(F)F)c3)cs2)=C(O)CN1CCN1CCCCC1. The molecule has 0 saturated carbocycles. The van der Waals surface area contributed by atoms with Crippen molar-refractivity contribution in [3.05, 3.63) is 46.0 Å². The summed E-state index contributed by atoms with van der Waals surface area (Å²) in [4.78, 5) is 8.63. The van der Waals surface area contributed by atoms with Gasteiger partial charge >= 0.3 is 6.18 Å². The molecule has 2 aliphatic heterocycles. The Labute approximate surface area is 177 Å². The number of nitrogens with zero attached hydrogens (tertiary/aromatic N) is 3. The van der Waals surface area contributed by atoms with Crippen molar-refractivity contribution in [3.63, 3.8) is 0 Å². The third-order valence-electron chi connectivity index (χ3n) is 5.52. The maximum atomic E-state index is 13.0. The number of rotatable bonds is 5. The largest absolute Gasteiger partial charge is 0.510 e. The highest BCUT2D eigenvalue weighted by molar-refractivity contribution is 7.11. The number of amidine groups is 1. The van der Waals surface area contributed by atoms with Gasteiger partial charge in [-0.2, -0.15) is 13.2 Å². The summed E-state index contributed by atoms with van der Waals surface area (Å²) in [5.41, 5.74) is 0.408. The molecule has 4 rings (SSSR count). The maximum absolute atomic E-state index is 13.0. The van der Waals surface area contributed by atoms with Crippen molar-refractivity contribution in [2.24, 2.45) is 0 Å². The predicted octanol–water partition coefficient (Wildman–Crippen LogP) is 4.88. The number of likely N-dealkylation sites (tertiary alicyclic amines) is 1. The summed E-state index contributed by atoms with van der Waals surface area (Å²) < 4.78 is 39.0. The predicted molar refractivity (Wildman–Crippen MR) is 112 cm³/mol. The quantitative estimate of drug-likeness (QED) is 0.702. The number of halogens is 3. The van der Waals surface area contributed by atoms with Gasteiger partial charge in [0.25, 0.3) is 0 Å². The van der Waals surface area contributed by atoms with Crippen LogP contribution in [0.25, 0.3) is 16.8 Å². The molecular weight excluding hydrogens is 413 g/mol. The second kappa shape index (κ2) is 8.39. The lowest BCUT2D eigenvalue weighted by molar-refractivity contribution is -0.137. The van der Waals surface area contributed by atoms with Crippen molar-refractivity contribution in [2.45, 2.75) is 25.4 Å². The van der Waals surface area contributed by atoms with E-state index in [1.165, 1.54) is 36.7 Å². The van der Waals surface area contributed by atoms with Gasteiger partial charge in [-0.15, -0.1) is 11.3 Å². The number of aromatic nitrogens is 1. The number of hydrogen-bond donors (Lipinski definition) is 2. The number of thiazole rings is 1. The lowest BCUT2D eigenvalue weighted by atomic mass is 10.1. The van der Waals surface area contributed by atoms with Crippen LogP contribution < -0.4 is 0 Å². The van der Waals surface area contributed by atoms with E-state index in [2.05, 4.69) is 9.88 Å². The summed E-state index contributed by atoms with van der Waals surface area (Å²) in [6, 6.07) is 5.02. The van der Waals surface area contributed by atoms with Gasteiger partial charge in [-0.3, -0.25) is 5.41 Å². The van der Waals surface area contributed by atoms with Crippen molar-refractivity contribution in [2.75, 3.05) is 32.7 Å². The number of piperidine rings is 1. The molecule has 160 valence electrons. The van der Waals surface area contributed by atoms with Gasteiger partial charge in [0.05, 0.1) is 23.4 Å². The van der Waals surface area contributed by atoms with Crippen LogP contribution in [0.15, 0.2) is 35.4 Å². The topological polar surface area (TPSA) is 63.5 Å². The van der Waals surface area contributed by atoms with E-state index < -0.39 is 11.7 Å². The van der Waals surface area contributed by atoms with Crippen molar-refractivity contribution in [1.82, 2.24) is 14.8 Å². The van der Waals surface area contributed by atoms with E-state index in [0.29, 0.717) is 28.4 Å². The zero-order valence-corrected chi connectivity index (χ0v) is 17.2. The highest BCUT2D eigenvalue weighted by Gasteiger charge is 2.32. The first-order valence-electron chi connectivity index (χ1n) is 9.95. The van der Waals surface area contributed by atoms with Crippen LogP contribution in [0.3, 0.4) is 0 Å². The van der Waals surface area contributed by atoms with Crippen LogP contribution in [-0.4, -0.2) is 58.4 Å². The first-order chi connectivity index (χ1) is 14.3. The van der Waals surface area contributed by atoms with Gasteiger partial charge in [0.15, 0.2) is 0 Å². The molecule has 0 aliphatic carbocycles. The van der Waals surface area contributed by atoms with Crippen LogP contribution >= 0.6 is 11.3 Å². The maximum Gasteiger partial charge on any atom is 0.416 e. The molecule has 0 atom stereocenters. The Morgan fingerprint density at radius 1 is 1.13 bits per heavy atom. The van der Waals surface area contributed by atoms with Crippen molar-refractivity contribution >= 4 is 22.7 Å². The first kappa shape index (κ1) is 20.9. The zero-order valence-electron chi connectivity index (χ0n) is 16.4. The van der Waals surface area contributed by atoms with Gasteiger partial charge < -0.3 is 14.9 Å². The number of aliphatic hydroxyl groups excluding tert-OH is 1. The number of aliphatic hydroxyl groups is 1. The lowest BCUT2D eigenvalue weighted by Crippen LogP contribution is -2.38. The molecular formula is C21H23F3N4OS. The van der Waals surface area contributed by atoms with Crippen LogP contribution in [-0.2, 0) is 6.18 Å². The van der Waals surface area contributed by atoms with Crippen LogP contribution in [0.2, 0.25) is 0 Å². The fourth-order valence-electron chi connectivity index (χ4n) is 3.87. The summed E-state index contributed by atoms with van der Waals surface area (Å²) >= 11 is 1.22. The minimum absolute atomic E-state index is 0.0867. The summed E-state index contributed by atoms with van der Waals surface area (Å²) in [5, 5.41) is 21.0. The monoisotopic (exact) mass is 436 g/mol. The summed E-state index contributed by atoms with van der Waals surface area (Å²) in [5.74, 6) is 0.304. The standard InChI is InChI=1S/C21H23F3N4OS/c22-21(23,24)15-6-4-5-14(11-15)16-13-30-20(26-16)18-17(29)12-28(19(18)25)10-9-27-7-2-1-3-8-27/h4-6,11,13,25,29H,1-3,7-10,12H2. The smallest absolute Gasteiger partial charge is 0.416 e. The molecule has 30 heavy (non-hydrogen) atoms. The van der Waals surface area contributed by atoms with Gasteiger partial charge in [-0.05, 0) is 38.1 Å². The van der Waals surface area contributed by atoms with E-state index in [1.807, 2.05) is 4.90 Å². The minimum atomic E-state index is -4.42. The van der Waals surface area contributed by atoms with Gasteiger partial charge in [0.2, 0.25) is 0 Å². The second-order valence-electron chi connectivity index (χ2n) is 7.61. The van der Waals surface area contributed by atoms with Crippen LogP contribution in [0.4, 0.5) is 13.2 Å². The van der Waals surface area contributed by atoms with E-state index in [-0.39, 0.29) is 18.1 Å². The molecule has 3 heterocycles. The molecule has 2 aromatic rings. The Balaban J connectivity index is 1.47. The van der Waals surface area contributed by atoms with Crippen molar-refractivity contribution in [1.29, 1.82) is 5.41 Å². The molecule has 0 bridgehead atoms. The van der Waals surface area contributed by atoms with E-state index >= 15 is 0 Å². The lowest BCUT2D eigenvalue weighted by Gasteiger charge is -2.29. The van der Waals surface area contributed by atoms with E-state index in [9.17, 15) is 18.3 Å². The average Bonchev–Trinajstić information content (AvgIpc) is 3.31. The molecule has 0 amide bonds. The van der Waals surface area contributed by atoms with Gasteiger partial charge in [0.1, 0.15) is 16.6 Å². The molecule has 1 saturated heterocycles. The Morgan fingerprint density at radius 2 is 1.90 bits per heavy atom. The minimum Gasteiger partial charge on any atom is -0.510 e. The molecule has 1 aromatic carbocycles. The number of hydrogen-bond acceptors (Lipinski definition) is 5. The number of benzene rings is 1. The van der Waals surface area contributed by atoms with Crippen molar-refractivity contribution in [3.8, 4) is 11.3 Å². The molecule has 2 aliphatic rings. The number of nitrogens with one attached hydrogen (secondary N) is 1. The molecule has 1 aromatic heterocycles. The van der Waals surface area contributed by atoms with Gasteiger partial charge in [0, 0.05) is 24.0 Å².